The maximum atomic E-state index is 13.0. The molecule has 4 rings (SSSR count). The predicted molar refractivity (Wildman–Crippen MR) is 131 cm³/mol. The van der Waals surface area contributed by atoms with Gasteiger partial charge in [0, 0.05) is 29.6 Å². The van der Waals surface area contributed by atoms with E-state index in [4.69, 9.17) is 23.2 Å². The molecular weight excluding hydrogens is 447 g/mol. The van der Waals surface area contributed by atoms with Gasteiger partial charge in [0.15, 0.2) is 0 Å². The topological polar surface area (TPSA) is 23.6 Å². The fourth-order valence-corrected chi connectivity index (χ4v) is 5.16. The molecular formula is C25H24Cl2N2OS. The van der Waals surface area contributed by atoms with Gasteiger partial charge in [0.05, 0.1) is 22.5 Å². The van der Waals surface area contributed by atoms with Gasteiger partial charge in [-0.1, -0.05) is 59.6 Å². The van der Waals surface area contributed by atoms with Gasteiger partial charge in [0.2, 0.25) is 5.91 Å². The smallest absolute Gasteiger partial charge is 0.233 e. The number of rotatable bonds is 5. The molecule has 1 aliphatic rings. The standard InChI is InChI=1S/C25H24Cl2N2OS/c1-18-7-12-23(22(27)15-18)29-14-13-28(16-24(29)19-8-10-20(26)11-9-19)25(30)17-31-21-5-3-2-4-6-21/h2-12,15,24H,13-14,16-17H2,1H3. The summed E-state index contributed by atoms with van der Waals surface area (Å²) >= 11 is 14.3. The van der Waals surface area contributed by atoms with Crippen LogP contribution in [0.3, 0.4) is 0 Å². The number of nitrogens with zero attached hydrogens (tertiary/aromatic N) is 2. The van der Waals surface area contributed by atoms with Crippen molar-refractivity contribution < 1.29 is 4.79 Å². The van der Waals surface area contributed by atoms with Crippen molar-refractivity contribution in [3.63, 3.8) is 0 Å². The summed E-state index contributed by atoms with van der Waals surface area (Å²) in [6, 6.07) is 24.1. The molecule has 0 spiro atoms. The van der Waals surface area contributed by atoms with Gasteiger partial charge in [-0.25, -0.2) is 0 Å². The van der Waals surface area contributed by atoms with E-state index >= 15 is 0 Å². The third-order valence-electron chi connectivity index (χ3n) is 5.51. The highest BCUT2D eigenvalue weighted by Gasteiger charge is 2.31. The molecule has 1 aliphatic heterocycles. The van der Waals surface area contributed by atoms with Crippen LogP contribution in [0.5, 0.6) is 0 Å². The summed E-state index contributed by atoms with van der Waals surface area (Å²) in [5, 5.41) is 1.44. The molecule has 1 unspecified atom stereocenters. The highest BCUT2D eigenvalue weighted by Crippen LogP contribution is 2.36. The molecule has 0 aromatic heterocycles. The first-order valence-electron chi connectivity index (χ1n) is 10.2. The zero-order valence-electron chi connectivity index (χ0n) is 17.3. The lowest BCUT2D eigenvalue weighted by Gasteiger charge is -2.43. The largest absolute Gasteiger partial charge is 0.360 e. The summed E-state index contributed by atoms with van der Waals surface area (Å²) in [6.45, 7) is 4.04. The van der Waals surface area contributed by atoms with E-state index in [2.05, 4.69) is 17.0 Å². The molecule has 3 aromatic carbocycles. The Hall–Kier alpha value is -2.14. The van der Waals surface area contributed by atoms with Crippen LogP contribution >= 0.6 is 35.0 Å². The van der Waals surface area contributed by atoms with Crippen LogP contribution in [-0.2, 0) is 4.79 Å². The van der Waals surface area contributed by atoms with E-state index in [9.17, 15) is 4.79 Å². The summed E-state index contributed by atoms with van der Waals surface area (Å²) < 4.78 is 0. The number of aryl methyl sites for hydroxylation is 1. The molecule has 1 saturated heterocycles. The van der Waals surface area contributed by atoms with Crippen LogP contribution in [0.4, 0.5) is 5.69 Å². The lowest BCUT2D eigenvalue weighted by atomic mass is 10.0. The summed E-state index contributed by atoms with van der Waals surface area (Å²) in [5.74, 6) is 0.588. The number of anilines is 1. The molecule has 0 bridgehead atoms. The second kappa shape index (κ2) is 9.99. The number of piperazine rings is 1. The number of amides is 1. The van der Waals surface area contributed by atoms with E-state index in [1.54, 1.807) is 11.8 Å². The molecule has 1 fully saturated rings. The van der Waals surface area contributed by atoms with Gasteiger partial charge < -0.3 is 9.80 Å². The number of hydrogen-bond acceptors (Lipinski definition) is 3. The van der Waals surface area contributed by atoms with Crippen LogP contribution in [0.25, 0.3) is 0 Å². The van der Waals surface area contributed by atoms with E-state index in [1.165, 1.54) is 0 Å². The number of benzene rings is 3. The van der Waals surface area contributed by atoms with Gasteiger partial charge in [-0.05, 0) is 54.4 Å². The second-order valence-corrected chi connectivity index (χ2v) is 9.55. The van der Waals surface area contributed by atoms with Crippen LogP contribution < -0.4 is 4.90 Å². The maximum absolute atomic E-state index is 13.0. The van der Waals surface area contributed by atoms with Gasteiger partial charge in [-0.3, -0.25) is 4.79 Å². The van der Waals surface area contributed by atoms with Crippen molar-refractivity contribution in [2.75, 3.05) is 30.3 Å². The highest BCUT2D eigenvalue weighted by molar-refractivity contribution is 8.00. The number of thioether (sulfide) groups is 1. The van der Waals surface area contributed by atoms with E-state index in [1.807, 2.05) is 72.5 Å². The van der Waals surface area contributed by atoms with Crippen LogP contribution in [0.2, 0.25) is 10.0 Å². The summed E-state index contributed by atoms with van der Waals surface area (Å²) in [5.41, 5.74) is 3.25. The molecule has 1 amide bonds. The molecule has 31 heavy (non-hydrogen) atoms. The van der Waals surface area contributed by atoms with Gasteiger partial charge in [0.1, 0.15) is 0 Å². The normalized spacial score (nSPS) is 16.4. The molecule has 1 atom stereocenters. The first-order chi connectivity index (χ1) is 15.0. The van der Waals surface area contributed by atoms with Crippen molar-refractivity contribution in [1.82, 2.24) is 4.90 Å². The van der Waals surface area contributed by atoms with Gasteiger partial charge in [-0.15, -0.1) is 11.8 Å². The first kappa shape index (κ1) is 22.1. The van der Waals surface area contributed by atoms with Crippen LogP contribution in [0, 0.1) is 6.92 Å². The SMILES string of the molecule is Cc1ccc(N2CCN(C(=O)CSc3ccccc3)CC2c2ccc(Cl)cc2)c(Cl)c1. The number of carbonyl (C=O) groups is 1. The van der Waals surface area contributed by atoms with Gasteiger partial charge in [0.25, 0.3) is 0 Å². The lowest BCUT2D eigenvalue weighted by Crippen LogP contribution is -2.51. The van der Waals surface area contributed by atoms with E-state index < -0.39 is 0 Å². The molecule has 3 nitrogen and oxygen atoms in total. The molecule has 1 heterocycles. The zero-order chi connectivity index (χ0) is 21.8. The Kier molecular flexibility index (Phi) is 7.11. The van der Waals surface area contributed by atoms with E-state index in [0.29, 0.717) is 23.9 Å². The van der Waals surface area contributed by atoms with Gasteiger partial charge in [-0.2, -0.15) is 0 Å². The quantitative estimate of drug-likeness (QED) is 0.398. The molecule has 0 radical (unpaired) electrons. The average molecular weight is 471 g/mol. The third kappa shape index (κ3) is 5.38. The molecule has 160 valence electrons. The Balaban J connectivity index is 1.55. The molecule has 0 saturated carbocycles. The van der Waals surface area contributed by atoms with Crippen molar-refractivity contribution in [1.29, 1.82) is 0 Å². The maximum Gasteiger partial charge on any atom is 0.233 e. The fraction of sp³-hybridized carbons (Fsp3) is 0.240. The number of hydrogen-bond donors (Lipinski definition) is 0. The summed E-state index contributed by atoms with van der Waals surface area (Å²) in [7, 11) is 0. The van der Waals surface area contributed by atoms with Crippen molar-refractivity contribution in [3.8, 4) is 0 Å². The zero-order valence-corrected chi connectivity index (χ0v) is 19.6. The fourth-order valence-electron chi connectivity index (χ4n) is 3.87. The molecule has 6 heteroatoms. The van der Waals surface area contributed by atoms with Crippen LogP contribution in [0.1, 0.15) is 17.2 Å². The van der Waals surface area contributed by atoms with Crippen LogP contribution in [-0.4, -0.2) is 36.2 Å². The molecule has 0 aliphatic carbocycles. The Morgan fingerprint density at radius 1 is 1.00 bits per heavy atom. The Bertz CT molecular complexity index is 1040. The van der Waals surface area contributed by atoms with Crippen molar-refractivity contribution >= 4 is 46.6 Å². The lowest BCUT2D eigenvalue weighted by molar-refractivity contribution is -0.129. The molecule has 3 aromatic rings. The van der Waals surface area contributed by atoms with Crippen molar-refractivity contribution in [3.05, 3.63) is 94.0 Å². The Morgan fingerprint density at radius 3 is 2.45 bits per heavy atom. The monoisotopic (exact) mass is 470 g/mol. The van der Waals surface area contributed by atoms with E-state index in [-0.39, 0.29) is 11.9 Å². The third-order valence-corrected chi connectivity index (χ3v) is 7.06. The highest BCUT2D eigenvalue weighted by atomic mass is 35.5. The summed E-state index contributed by atoms with van der Waals surface area (Å²) in [6.07, 6.45) is 0. The number of carbonyl (C=O) groups excluding carboxylic acids is 1. The number of halogens is 2. The summed E-state index contributed by atoms with van der Waals surface area (Å²) in [4.78, 5) is 18.4. The van der Waals surface area contributed by atoms with Gasteiger partial charge >= 0.3 is 0 Å². The minimum absolute atomic E-state index is 0.0110. The average Bonchev–Trinajstić information content (AvgIpc) is 2.78. The molecule has 0 N–H and O–H groups in total. The first-order valence-corrected chi connectivity index (χ1v) is 12.0. The Morgan fingerprint density at radius 2 is 1.74 bits per heavy atom. The minimum atomic E-state index is 0.0110. The van der Waals surface area contributed by atoms with E-state index in [0.717, 1.165) is 33.3 Å². The Labute approximate surface area is 198 Å². The van der Waals surface area contributed by atoms with Crippen molar-refractivity contribution in [2.24, 2.45) is 0 Å². The predicted octanol–water partition coefficient (Wildman–Crippen LogP) is 6.48. The van der Waals surface area contributed by atoms with Crippen LogP contribution in [0.15, 0.2) is 77.7 Å². The van der Waals surface area contributed by atoms with Crippen molar-refractivity contribution in [2.45, 2.75) is 17.9 Å². The minimum Gasteiger partial charge on any atom is -0.360 e. The second-order valence-electron chi connectivity index (χ2n) is 7.66.